The van der Waals surface area contributed by atoms with Gasteiger partial charge in [0.2, 0.25) is 10.0 Å². The largest absolute Gasteiger partial charge is 0.392 e. The van der Waals surface area contributed by atoms with E-state index in [1.54, 1.807) is 6.92 Å². The van der Waals surface area contributed by atoms with Crippen LogP contribution >= 0.6 is 0 Å². The maximum absolute atomic E-state index is 13.4. The van der Waals surface area contributed by atoms with Crippen molar-refractivity contribution in [3.63, 3.8) is 0 Å². The molecule has 0 saturated carbocycles. The van der Waals surface area contributed by atoms with Crippen molar-refractivity contribution in [2.24, 2.45) is 0 Å². The van der Waals surface area contributed by atoms with E-state index in [-0.39, 0.29) is 16.5 Å². The summed E-state index contributed by atoms with van der Waals surface area (Å²) in [6.07, 6.45) is 0. The predicted octanol–water partition coefficient (Wildman–Crippen LogP) is 1.28. The second kappa shape index (κ2) is 7.31. The molecule has 0 aliphatic rings. The minimum absolute atomic E-state index is 0.000376. The summed E-state index contributed by atoms with van der Waals surface area (Å²) < 4.78 is 40.1. The van der Waals surface area contributed by atoms with Crippen molar-refractivity contribution in [3.05, 3.63) is 29.6 Å². The molecule has 120 valence electrons. The molecule has 1 aromatic rings. The van der Waals surface area contributed by atoms with Crippen LogP contribution in [0.5, 0.6) is 0 Å². The number of aliphatic hydroxyl groups excluding tert-OH is 1. The molecule has 0 heterocycles. The van der Waals surface area contributed by atoms with Crippen molar-refractivity contribution < 1.29 is 17.9 Å². The fourth-order valence-electron chi connectivity index (χ4n) is 2.31. The number of halogens is 1. The van der Waals surface area contributed by atoms with Gasteiger partial charge in [-0.2, -0.15) is 4.31 Å². The van der Waals surface area contributed by atoms with Gasteiger partial charge in [0.1, 0.15) is 5.82 Å². The van der Waals surface area contributed by atoms with E-state index in [4.69, 9.17) is 5.11 Å². The third-order valence-electron chi connectivity index (χ3n) is 3.23. The van der Waals surface area contributed by atoms with E-state index in [1.165, 1.54) is 16.4 Å². The zero-order valence-corrected chi connectivity index (χ0v) is 13.7. The summed E-state index contributed by atoms with van der Waals surface area (Å²) in [5.74, 6) is -0.610. The van der Waals surface area contributed by atoms with Crippen molar-refractivity contribution in [2.45, 2.75) is 31.4 Å². The quantitative estimate of drug-likeness (QED) is 0.823. The second-order valence-electron chi connectivity index (χ2n) is 5.23. The fourth-order valence-corrected chi connectivity index (χ4v) is 3.99. The molecule has 0 bridgehead atoms. The molecule has 7 heteroatoms. The third-order valence-corrected chi connectivity index (χ3v) is 5.31. The third kappa shape index (κ3) is 4.23. The van der Waals surface area contributed by atoms with Gasteiger partial charge in [0.05, 0.1) is 11.5 Å². The monoisotopic (exact) mass is 318 g/mol. The molecule has 21 heavy (non-hydrogen) atoms. The smallest absolute Gasteiger partial charge is 0.243 e. The molecule has 1 rings (SSSR count). The SMILES string of the molecule is CCN(C(C)CN(C)C)S(=O)(=O)c1ccc(F)c(CO)c1. The van der Waals surface area contributed by atoms with Gasteiger partial charge in [-0.05, 0) is 39.2 Å². The summed E-state index contributed by atoms with van der Waals surface area (Å²) in [5.41, 5.74) is -0.0209. The van der Waals surface area contributed by atoms with Crippen molar-refractivity contribution >= 4 is 10.0 Å². The highest BCUT2D eigenvalue weighted by molar-refractivity contribution is 7.89. The van der Waals surface area contributed by atoms with Crippen LogP contribution in [0.1, 0.15) is 19.4 Å². The Hall–Kier alpha value is -1.02. The number of aliphatic hydroxyl groups is 1. The van der Waals surface area contributed by atoms with E-state index in [0.717, 1.165) is 6.07 Å². The summed E-state index contributed by atoms with van der Waals surface area (Å²) >= 11 is 0. The normalized spacial score (nSPS) is 13.9. The lowest BCUT2D eigenvalue weighted by Gasteiger charge is -2.29. The van der Waals surface area contributed by atoms with Crippen LogP contribution in [-0.4, -0.2) is 56.0 Å². The zero-order chi connectivity index (χ0) is 16.2. The lowest BCUT2D eigenvalue weighted by Crippen LogP contribution is -2.43. The Bertz CT molecular complexity index is 576. The van der Waals surface area contributed by atoms with Crippen LogP contribution in [0.3, 0.4) is 0 Å². The summed E-state index contributed by atoms with van der Waals surface area (Å²) in [7, 11) is 0.0310. The number of rotatable bonds is 7. The lowest BCUT2D eigenvalue weighted by atomic mass is 10.2. The molecule has 1 unspecified atom stereocenters. The average molecular weight is 318 g/mol. The average Bonchev–Trinajstić information content (AvgIpc) is 2.38. The first-order chi connectivity index (χ1) is 9.73. The number of likely N-dealkylation sites (N-methyl/N-ethyl adjacent to an activating group) is 2. The van der Waals surface area contributed by atoms with E-state index in [0.29, 0.717) is 13.1 Å². The minimum atomic E-state index is -3.72. The first kappa shape index (κ1) is 18.0. The standard InChI is InChI=1S/C14H23FN2O3S/c1-5-17(11(2)9-16(3)4)21(19,20)13-6-7-14(15)12(8-13)10-18/h6-8,11,18H,5,9-10H2,1-4H3. The maximum Gasteiger partial charge on any atom is 0.243 e. The van der Waals surface area contributed by atoms with Gasteiger partial charge in [-0.25, -0.2) is 12.8 Å². The van der Waals surface area contributed by atoms with E-state index < -0.39 is 22.4 Å². The van der Waals surface area contributed by atoms with Gasteiger partial charge in [-0.1, -0.05) is 6.92 Å². The first-order valence-corrected chi connectivity index (χ1v) is 8.23. The molecular weight excluding hydrogens is 295 g/mol. The topological polar surface area (TPSA) is 60.9 Å². The maximum atomic E-state index is 13.4. The highest BCUT2D eigenvalue weighted by atomic mass is 32.2. The Morgan fingerprint density at radius 3 is 2.43 bits per heavy atom. The van der Waals surface area contributed by atoms with E-state index in [2.05, 4.69) is 0 Å². The van der Waals surface area contributed by atoms with Gasteiger partial charge < -0.3 is 10.0 Å². The van der Waals surface area contributed by atoms with Crippen molar-refractivity contribution in [3.8, 4) is 0 Å². The number of sulfonamides is 1. The molecule has 0 saturated heterocycles. The van der Waals surface area contributed by atoms with Gasteiger partial charge in [-0.15, -0.1) is 0 Å². The molecule has 0 amide bonds. The van der Waals surface area contributed by atoms with E-state index >= 15 is 0 Å². The molecule has 1 aromatic carbocycles. The Morgan fingerprint density at radius 2 is 1.95 bits per heavy atom. The molecule has 5 nitrogen and oxygen atoms in total. The van der Waals surface area contributed by atoms with E-state index in [9.17, 15) is 12.8 Å². The van der Waals surface area contributed by atoms with Gasteiger partial charge in [-0.3, -0.25) is 0 Å². The van der Waals surface area contributed by atoms with Crippen LogP contribution in [0.2, 0.25) is 0 Å². The summed E-state index contributed by atoms with van der Waals surface area (Å²) in [4.78, 5) is 1.91. The minimum Gasteiger partial charge on any atom is -0.392 e. The first-order valence-electron chi connectivity index (χ1n) is 6.79. The predicted molar refractivity (Wildman–Crippen MR) is 79.9 cm³/mol. The Labute approximate surface area is 126 Å². The Balaban J connectivity index is 3.18. The van der Waals surface area contributed by atoms with Crippen molar-refractivity contribution in [1.82, 2.24) is 9.21 Å². The molecule has 1 N–H and O–H groups in total. The van der Waals surface area contributed by atoms with Gasteiger partial charge in [0.15, 0.2) is 0 Å². The molecule has 0 aromatic heterocycles. The van der Waals surface area contributed by atoms with Crippen LogP contribution in [0.4, 0.5) is 4.39 Å². The van der Waals surface area contributed by atoms with Crippen LogP contribution < -0.4 is 0 Å². The van der Waals surface area contributed by atoms with Crippen LogP contribution in [0.25, 0.3) is 0 Å². The lowest BCUT2D eigenvalue weighted by molar-refractivity contribution is 0.270. The van der Waals surface area contributed by atoms with Crippen molar-refractivity contribution in [1.29, 1.82) is 0 Å². The van der Waals surface area contributed by atoms with Gasteiger partial charge >= 0.3 is 0 Å². The molecule has 0 spiro atoms. The van der Waals surface area contributed by atoms with Crippen molar-refractivity contribution in [2.75, 3.05) is 27.2 Å². The van der Waals surface area contributed by atoms with Crippen LogP contribution in [-0.2, 0) is 16.6 Å². The van der Waals surface area contributed by atoms with Gasteiger partial charge in [0, 0.05) is 24.7 Å². The molecular formula is C14H23FN2O3S. The highest BCUT2D eigenvalue weighted by Gasteiger charge is 2.28. The molecule has 1 atom stereocenters. The van der Waals surface area contributed by atoms with Crippen LogP contribution in [0.15, 0.2) is 23.1 Å². The second-order valence-corrected chi connectivity index (χ2v) is 7.12. The number of hydrogen-bond acceptors (Lipinski definition) is 4. The summed E-state index contributed by atoms with van der Waals surface area (Å²) in [5, 5.41) is 9.08. The Morgan fingerprint density at radius 1 is 1.33 bits per heavy atom. The number of hydrogen-bond donors (Lipinski definition) is 1. The van der Waals surface area contributed by atoms with Gasteiger partial charge in [0.25, 0.3) is 0 Å². The van der Waals surface area contributed by atoms with E-state index in [1.807, 2.05) is 25.9 Å². The summed E-state index contributed by atoms with van der Waals surface area (Å²) in [6.45, 7) is 3.97. The number of benzene rings is 1. The number of nitrogens with zero attached hydrogens (tertiary/aromatic N) is 2. The molecule has 0 fully saturated rings. The molecule has 0 aliphatic carbocycles. The zero-order valence-electron chi connectivity index (χ0n) is 12.9. The Kier molecular flexibility index (Phi) is 6.27. The summed E-state index contributed by atoms with van der Waals surface area (Å²) in [6, 6.07) is 3.28. The molecule has 0 radical (unpaired) electrons. The highest BCUT2D eigenvalue weighted by Crippen LogP contribution is 2.21. The fraction of sp³-hybridized carbons (Fsp3) is 0.571. The van der Waals surface area contributed by atoms with Crippen LogP contribution in [0, 0.1) is 5.82 Å². The molecule has 0 aliphatic heterocycles.